The van der Waals surface area contributed by atoms with Gasteiger partial charge in [0, 0.05) is 28.6 Å². The fraction of sp³-hybridized carbons (Fsp3) is 0.235. The van der Waals surface area contributed by atoms with Gasteiger partial charge in [-0.1, -0.05) is 0 Å². The van der Waals surface area contributed by atoms with Gasteiger partial charge >= 0.3 is 0 Å². The summed E-state index contributed by atoms with van der Waals surface area (Å²) < 4.78 is 15.7. The number of aryl methyl sites for hydroxylation is 1. The first kappa shape index (κ1) is 16.5. The standard InChI is InChI=1S/C17H20N2O4/c1-9-5-12(18)10(6-14(9)21-2)17(20)11-7-15(22-3)16(23-4)8-13(11)19/h5-8H,18-19H2,1-4H3. The van der Waals surface area contributed by atoms with Crippen LogP contribution in [0, 0.1) is 6.92 Å². The summed E-state index contributed by atoms with van der Waals surface area (Å²) in [5, 5.41) is 0. The van der Waals surface area contributed by atoms with E-state index in [9.17, 15) is 4.79 Å². The van der Waals surface area contributed by atoms with Crippen molar-refractivity contribution in [2.45, 2.75) is 6.92 Å². The molecule has 0 atom stereocenters. The van der Waals surface area contributed by atoms with E-state index < -0.39 is 0 Å². The zero-order chi connectivity index (χ0) is 17.1. The molecule has 6 heteroatoms. The first-order valence-electron chi connectivity index (χ1n) is 6.93. The fourth-order valence-corrected chi connectivity index (χ4v) is 2.36. The lowest BCUT2D eigenvalue weighted by molar-refractivity contribution is 0.103. The highest BCUT2D eigenvalue weighted by Crippen LogP contribution is 2.34. The monoisotopic (exact) mass is 316 g/mol. The quantitative estimate of drug-likeness (QED) is 0.649. The minimum absolute atomic E-state index is 0.284. The molecule has 0 saturated carbocycles. The smallest absolute Gasteiger partial charge is 0.197 e. The number of nitrogen functional groups attached to an aromatic ring is 2. The van der Waals surface area contributed by atoms with E-state index in [0.29, 0.717) is 34.1 Å². The summed E-state index contributed by atoms with van der Waals surface area (Å²) in [6.07, 6.45) is 0. The Morgan fingerprint density at radius 2 is 1.22 bits per heavy atom. The number of rotatable bonds is 5. The van der Waals surface area contributed by atoms with Crippen molar-refractivity contribution in [1.82, 2.24) is 0 Å². The van der Waals surface area contributed by atoms with Crippen molar-refractivity contribution in [3.8, 4) is 17.2 Å². The highest BCUT2D eigenvalue weighted by Gasteiger charge is 2.20. The minimum Gasteiger partial charge on any atom is -0.496 e. The molecular weight excluding hydrogens is 296 g/mol. The van der Waals surface area contributed by atoms with Crippen molar-refractivity contribution in [3.63, 3.8) is 0 Å². The zero-order valence-corrected chi connectivity index (χ0v) is 13.6. The first-order chi connectivity index (χ1) is 10.9. The van der Waals surface area contributed by atoms with Crippen molar-refractivity contribution >= 4 is 17.2 Å². The van der Waals surface area contributed by atoms with Crippen LogP contribution in [0.15, 0.2) is 24.3 Å². The van der Waals surface area contributed by atoms with E-state index in [-0.39, 0.29) is 11.5 Å². The number of hydrogen-bond donors (Lipinski definition) is 2. The van der Waals surface area contributed by atoms with Gasteiger partial charge in [-0.05, 0) is 30.7 Å². The molecule has 2 aromatic rings. The van der Waals surface area contributed by atoms with Crippen LogP contribution in [0.2, 0.25) is 0 Å². The van der Waals surface area contributed by atoms with E-state index in [0.717, 1.165) is 5.56 Å². The lowest BCUT2D eigenvalue weighted by atomic mass is 9.98. The van der Waals surface area contributed by atoms with Crippen LogP contribution < -0.4 is 25.7 Å². The average molecular weight is 316 g/mol. The zero-order valence-electron chi connectivity index (χ0n) is 13.6. The predicted molar refractivity (Wildman–Crippen MR) is 89.5 cm³/mol. The molecule has 0 bridgehead atoms. The lowest BCUT2D eigenvalue weighted by Crippen LogP contribution is -2.10. The summed E-state index contributed by atoms with van der Waals surface area (Å²) in [5.41, 5.74) is 14.1. The Bertz CT molecular complexity index is 757. The molecule has 0 radical (unpaired) electrons. The van der Waals surface area contributed by atoms with Crippen LogP contribution in [0.1, 0.15) is 21.5 Å². The van der Waals surface area contributed by atoms with Gasteiger partial charge in [-0.2, -0.15) is 0 Å². The number of ether oxygens (including phenoxy) is 3. The number of anilines is 2. The molecule has 0 fully saturated rings. The summed E-state index contributed by atoms with van der Waals surface area (Å²) >= 11 is 0. The van der Waals surface area contributed by atoms with Crippen LogP contribution in [-0.4, -0.2) is 27.1 Å². The van der Waals surface area contributed by atoms with Crippen molar-refractivity contribution in [2.24, 2.45) is 0 Å². The second kappa shape index (κ2) is 6.48. The number of ketones is 1. The van der Waals surface area contributed by atoms with E-state index in [1.807, 2.05) is 6.92 Å². The second-order valence-electron chi connectivity index (χ2n) is 5.03. The Kier molecular flexibility index (Phi) is 4.64. The Morgan fingerprint density at radius 3 is 1.74 bits per heavy atom. The Hall–Kier alpha value is -2.89. The number of methoxy groups -OCH3 is 3. The highest BCUT2D eigenvalue weighted by molar-refractivity contribution is 6.15. The molecule has 0 amide bonds. The van der Waals surface area contributed by atoms with Gasteiger partial charge in [0.1, 0.15) is 5.75 Å². The molecule has 0 spiro atoms. The van der Waals surface area contributed by atoms with Crippen LogP contribution in [0.5, 0.6) is 17.2 Å². The van der Waals surface area contributed by atoms with Gasteiger partial charge in [-0.3, -0.25) is 4.79 Å². The highest BCUT2D eigenvalue weighted by atomic mass is 16.5. The van der Waals surface area contributed by atoms with Crippen molar-refractivity contribution in [2.75, 3.05) is 32.8 Å². The normalized spacial score (nSPS) is 10.3. The van der Waals surface area contributed by atoms with Crippen molar-refractivity contribution in [3.05, 3.63) is 41.0 Å². The third-order valence-corrected chi connectivity index (χ3v) is 3.61. The molecule has 0 unspecified atom stereocenters. The van der Waals surface area contributed by atoms with E-state index >= 15 is 0 Å². The predicted octanol–water partition coefficient (Wildman–Crippen LogP) is 2.42. The number of benzene rings is 2. The third kappa shape index (κ3) is 3.01. The van der Waals surface area contributed by atoms with E-state index in [1.165, 1.54) is 21.3 Å². The third-order valence-electron chi connectivity index (χ3n) is 3.61. The van der Waals surface area contributed by atoms with Crippen LogP contribution in [0.4, 0.5) is 11.4 Å². The van der Waals surface area contributed by atoms with E-state index in [1.54, 1.807) is 24.3 Å². The van der Waals surface area contributed by atoms with Crippen LogP contribution in [0.25, 0.3) is 0 Å². The van der Waals surface area contributed by atoms with Gasteiger partial charge in [0.25, 0.3) is 0 Å². The summed E-state index contributed by atoms with van der Waals surface area (Å²) in [7, 11) is 4.53. The molecule has 0 aliphatic heterocycles. The molecule has 122 valence electrons. The molecule has 0 aliphatic carbocycles. The number of hydrogen-bond acceptors (Lipinski definition) is 6. The van der Waals surface area contributed by atoms with Crippen LogP contribution >= 0.6 is 0 Å². The largest absolute Gasteiger partial charge is 0.496 e. The molecular formula is C17H20N2O4. The summed E-state index contributed by atoms with van der Waals surface area (Å²) in [6.45, 7) is 1.86. The second-order valence-corrected chi connectivity index (χ2v) is 5.03. The Balaban J connectivity index is 2.57. The topological polar surface area (TPSA) is 96.8 Å². The van der Waals surface area contributed by atoms with Crippen molar-refractivity contribution in [1.29, 1.82) is 0 Å². The number of nitrogens with two attached hydrogens (primary N) is 2. The molecule has 0 aliphatic rings. The molecule has 4 N–H and O–H groups in total. The molecule has 6 nitrogen and oxygen atoms in total. The SMILES string of the molecule is COc1cc(C(=O)c2cc(OC)c(OC)cc2N)c(N)cc1C. The summed E-state index contributed by atoms with van der Waals surface area (Å²) in [5.74, 6) is 1.15. The van der Waals surface area contributed by atoms with Gasteiger partial charge in [-0.15, -0.1) is 0 Å². The van der Waals surface area contributed by atoms with Crippen LogP contribution in [0.3, 0.4) is 0 Å². The summed E-state index contributed by atoms with van der Waals surface area (Å²) in [6, 6.07) is 6.40. The minimum atomic E-state index is -0.306. The maximum atomic E-state index is 12.8. The average Bonchev–Trinajstić information content (AvgIpc) is 2.54. The molecule has 0 heterocycles. The fourth-order valence-electron chi connectivity index (χ4n) is 2.36. The van der Waals surface area contributed by atoms with Crippen molar-refractivity contribution < 1.29 is 19.0 Å². The molecule has 2 rings (SSSR count). The number of carbonyl (C=O) groups is 1. The first-order valence-corrected chi connectivity index (χ1v) is 6.93. The lowest BCUT2D eigenvalue weighted by Gasteiger charge is -2.14. The van der Waals surface area contributed by atoms with Gasteiger partial charge in [0.15, 0.2) is 17.3 Å². The Labute approximate surface area is 134 Å². The molecule has 2 aromatic carbocycles. The molecule has 0 aromatic heterocycles. The van der Waals surface area contributed by atoms with Gasteiger partial charge < -0.3 is 25.7 Å². The summed E-state index contributed by atoms with van der Waals surface area (Å²) in [4.78, 5) is 12.8. The maximum absolute atomic E-state index is 12.8. The van der Waals surface area contributed by atoms with Crippen LogP contribution in [-0.2, 0) is 0 Å². The van der Waals surface area contributed by atoms with Gasteiger partial charge in [0.2, 0.25) is 0 Å². The molecule has 23 heavy (non-hydrogen) atoms. The van der Waals surface area contributed by atoms with Gasteiger partial charge in [-0.25, -0.2) is 0 Å². The van der Waals surface area contributed by atoms with E-state index in [2.05, 4.69) is 0 Å². The maximum Gasteiger partial charge on any atom is 0.197 e. The van der Waals surface area contributed by atoms with E-state index in [4.69, 9.17) is 25.7 Å². The Morgan fingerprint density at radius 1 is 0.783 bits per heavy atom. The molecule has 0 saturated heterocycles. The number of carbonyl (C=O) groups excluding carboxylic acids is 1. The van der Waals surface area contributed by atoms with Gasteiger partial charge in [0.05, 0.1) is 21.3 Å².